The normalized spacial score (nSPS) is 11.0. The van der Waals surface area contributed by atoms with Gasteiger partial charge in [0, 0.05) is 33.9 Å². The van der Waals surface area contributed by atoms with Gasteiger partial charge in [-0.05, 0) is 29.8 Å². The van der Waals surface area contributed by atoms with Gasteiger partial charge in [-0.15, -0.1) is 0 Å². The maximum Gasteiger partial charge on any atom is 0.291 e. The van der Waals surface area contributed by atoms with Crippen LogP contribution in [0.3, 0.4) is 0 Å². The maximum absolute atomic E-state index is 12.2. The monoisotopic (exact) mass is 433 g/mol. The Morgan fingerprint density at radius 2 is 2.07 bits per heavy atom. The van der Waals surface area contributed by atoms with Crippen LogP contribution in [-0.2, 0) is 6.54 Å². The molecule has 0 atom stereocenters. The molecule has 148 valence electrons. The van der Waals surface area contributed by atoms with E-state index in [-0.39, 0.29) is 22.7 Å². The van der Waals surface area contributed by atoms with E-state index < -0.39 is 10.8 Å². The van der Waals surface area contributed by atoms with Gasteiger partial charge >= 0.3 is 0 Å². The summed E-state index contributed by atoms with van der Waals surface area (Å²) in [6, 6.07) is 10.1. The molecule has 0 saturated carbocycles. The molecule has 11 heteroatoms. The van der Waals surface area contributed by atoms with Crippen molar-refractivity contribution in [2.45, 2.75) is 6.54 Å². The molecule has 2 N–H and O–H groups in total. The number of hydrogen-bond acceptors (Lipinski definition) is 6. The second kappa shape index (κ2) is 8.72. The highest BCUT2D eigenvalue weighted by Crippen LogP contribution is 2.22. The van der Waals surface area contributed by atoms with E-state index in [1.54, 1.807) is 24.4 Å². The van der Waals surface area contributed by atoms with Gasteiger partial charge in [0.05, 0.1) is 17.7 Å². The van der Waals surface area contributed by atoms with Crippen LogP contribution in [0.15, 0.2) is 53.8 Å². The molecule has 3 aromatic rings. The number of amides is 1. The number of rotatable bonds is 6. The Hall–Kier alpha value is -3.43. The molecular formula is C18H13Cl2N5O4. The Kier molecular flexibility index (Phi) is 6.10. The molecule has 3 rings (SSSR count). The van der Waals surface area contributed by atoms with Crippen LogP contribution in [0, 0.1) is 10.1 Å². The Bertz CT molecular complexity index is 1110. The first kappa shape index (κ1) is 20.3. The summed E-state index contributed by atoms with van der Waals surface area (Å²) in [5.41, 5.74) is 3.01. The van der Waals surface area contributed by atoms with Crippen LogP contribution in [0.2, 0.25) is 10.0 Å². The Balaban J connectivity index is 1.65. The number of nitrogens with one attached hydrogen (secondary N) is 1. The maximum atomic E-state index is 12.2. The van der Waals surface area contributed by atoms with Crippen LogP contribution in [-0.4, -0.2) is 31.9 Å². The van der Waals surface area contributed by atoms with E-state index in [9.17, 15) is 20.0 Å². The number of benzene rings is 2. The quantitative estimate of drug-likeness (QED) is 0.349. The molecule has 0 aliphatic carbocycles. The molecule has 9 nitrogen and oxygen atoms in total. The molecule has 0 aliphatic rings. The first-order valence-corrected chi connectivity index (χ1v) is 8.87. The van der Waals surface area contributed by atoms with E-state index in [1.165, 1.54) is 16.8 Å². The minimum absolute atomic E-state index is 0.0856. The Morgan fingerprint density at radius 3 is 2.79 bits per heavy atom. The average Bonchev–Trinajstić information content (AvgIpc) is 3.14. The van der Waals surface area contributed by atoms with Gasteiger partial charge in [0.1, 0.15) is 5.75 Å². The fourth-order valence-electron chi connectivity index (χ4n) is 2.37. The van der Waals surface area contributed by atoms with Crippen molar-refractivity contribution >= 4 is 41.0 Å². The number of nitro benzene ring substituents is 1. The highest BCUT2D eigenvalue weighted by molar-refractivity contribution is 6.35. The number of non-ortho nitro benzene ring substituents is 1. The summed E-state index contributed by atoms with van der Waals surface area (Å²) in [4.78, 5) is 22.3. The molecule has 0 radical (unpaired) electrons. The largest absolute Gasteiger partial charge is 0.507 e. The van der Waals surface area contributed by atoms with Crippen molar-refractivity contribution in [3.8, 4) is 5.75 Å². The number of carbonyl (C=O) groups is 1. The van der Waals surface area contributed by atoms with E-state index in [4.69, 9.17) is 23.2 Å². The SMILES string of the molecule is O=C(N/N=C/c1cc([N+](=O)[O-])ccc1O)c1ccn(Cc2ccc(Cl)cc2Cl)n1. The van der Waals surface area contributed by atoms with Crippen LogP contribution in [0.1, 0.15) is 21.6 Å². The Labute approximate surface area is 174 Å². The second-order valence-electron chi connectivity index (χ2n) is 5.83. The lowest BCUT2D eigenvalue weighted by molar-refractivity contribution is -0.384. The highest BCUT2D eigenvalue weighted by atomic mass is 35.5. The summed E-state index contributed by atoms with van der Waals surface area (Å²) in [6.07, 6.45) is 2.71. The fourth-order valence-corrected chi connectivity index (χ4v) is 2.84. The zero-order valence-corrected chi connectivity index (χ0v) is 16.1. The van der Waals surface area contributed by atoms with E-state index in [2.05, 4.69) is 15.6 Å². The van der Waals surface area contributed by atoms with Crippen LogP contribution < -0.4 is 5.43 Å². The number of carbonyl (C=O) groups excluding carboxylic acids is 1. The van der Waals surface area contributed by atoms with Crippen LogP contribution in [0.5, 0.6) is 5.75 Å². The molecule has 2 aromatic carbocycles. The van der Waals surface area contributed by atoms with Crippen LogP contribution in [0.4, 0.5) is 5.69 Å². The first-order chi connectivity index (χ1) is 13.8. The van der Waals surface area contributed by atoms with Gasteiger partial charge in [0.2, 0.25) is 0 Å². The zero-order chi connectivity index (χ0) is 21.0. The van der Waals surface area contributed by atoms with Gasteiger partial charge in [-0.2, -0.15) is 10.2 Å². The van der Waals surface area contributed by atoms with E-state index in [0.717, 1.165) is 23.9 Å². The molecule has 0 fully saturated rings. The number of hydrogen-bond donors (Lipinski definition) is 2. The summed E-state index contributed by atoms with van der Waals surface area (Å²) in [5.74, 6) is -0.801. The molecule has 0 aliphatic heterocycles. The number of aromatic hydroxyl groups is 1. The third-order valence-corrected chi connectivity index (χ3v) is 4.40. The van der Waals surface area contributed by atoms with Crippen molar-refractivity contribution in [3.63, 3.8) is 0 Å². The predicted molar refractivity (Wildman–Crippen MR) is 108 cm³/mol. The fraction of sp³-hybridized carbons (Fsp3) is 0.0556. The molecule has 1 heterocycles. The van der Waals surface area contributed by atoms with Gasteiger partial charge in [0.25, 0.3) is 11.6 Å². The van der Waals surface area contributed by atoms with E-state index in [1.807, 2.05) is 0 Å². The van der Waals surface area contributed by atoms with Crippen LogP contribution in [0.25, 0.3) is 0 Å². The molecule has 1 aromatic heterocycles. The Morgan fingerprint density at radius 1 is 1.28 bits per heavy atom. The predicted octanol–water partition coefficient (Wildman–Crippen LogP) is 3.62. The van der Waals surface area contributed by atoms with Crippen molar-refractivity contribution in [3.05, 3.63) is 85.6 Å². The number of hydrazone groups is 1. The average molecular weight is 434 g/mol. The smallest absolute Gasteiger partial charge is 0.291 e. The minimum atomic E-state index is -0.602. The number of nitro groups is 1. The van der Waals surface area contributed by atoms with Crippen molar-refractivity contribution in [2.24, 2.45) is 5.10 Å². The summed E-state index contributed by atoms with van der Waals surface area (Å²) < 4.78 is 1.53. The van der Waals surface area contributed by atoms with Crippen molar-refractivity contribution in [2.75, 3.05) is 0 Å². The number of phenols is 1. The summed E-state index contributed by atoms with van der Waals surface area (Å²) in [6.45, 7) is 0.341. The molecule has 0 saturated heterocycles. The second-order valence-corrected chi connectivity index (χ2v) is 6.68. The third kappa shape index (κ3) is 5.09. The summed E-state index contributed by atoms with van der Waals surface area (Å²) >= 11 is 12.0. The molecule has 0 bridgehead atoms. The summed E-state index contributed by atoms with van der Waals surface area (Å²) in [7, 11) is 0. The molecular weight excluding hydrogens is 421 g/mol. The third-order valence-electron chi connectivity index (χ3n) is 3.81. The van der Waals surface area contributed by atoms with Gasteiger partial charge < -0.3 is 5.11 Å². The van der Waals surface area contributed by atoms with E-state index >= 15 is 0 Å². The molecule has 0 unspecified atom stereocenters. The number of aromatic nitrogens is 2. The molecule has 0 spiro atoms. The van der Waals surface area contributed by atoms with E-state index in [0.29, 0.717) is 16.6 Å². The standard InChI is InChI=1S/C18H13Cl2N5O4/c19-13-2-1-11(15(20)8-13)10-24-6-5-16(23-24)18(27)22-21-9-12-7-14(25(28)29)3-4-17(12)26/h1-9,26H,10H2,(H,22,27)/b21-9+. The van der Waals surface area contributed by atoms with Crippen LogP contribution >= 0.6 is 23.2 Å². The first-order valence-electron chi connectivity index (χ1n) is 8.11. The lowest BCUT2D eigenvalue weighted by Gasteiger charge is -2.05. The number of halogens is 2. The van der Waals surface area contributed by atoms with Gasteiger partial charge in [0.15, 0.2) is 5.69 Å². The summed E-state index contributed by atoms with van der Waals surface area (Å²) in [5, 5.41) is 29.4. The number of phenolic OH excluding ortho intramolecular Hbond substituents is 1. The lowest BCUT2D eigenvalue weighted by Crippen LogP contribution is -2.18. The number of nitrogens with zero attached hydrogens (tertiary/aromatic N) is 4. The zero-order valence-electron chi connectivity index (χ0n) is 14.6. The lowest BCUT2D eigenvalue weighted by atomic mass is 10.2. The molecule has 1 amide bonds. The van der Waals surface area contributed by atoms with Gasteiger partial charge in [-0.1, -0.05) is 29.3 Å². The highest BCUT2D eigenvalue weighted by Gasteiger charge is 2.11. The molecule has 29 heavy (non-hydrogen) atoms. The van der Waals surface area contributed by atoms with Gasteiger partial charge in [-0.3, -0.25) is 19.6 Å². The van der Waals surface area contributed by atoms with Crippen molar-refractivity contribution in [1.82, 2.24) is 15.2 Å². The van der Waals surface area contributed by atoms with Crippen molar-refractivity contribution < 1.29 is 14.8 Å². The van der Waals surface area contributed by atoms with Gasteiger partial charge in [-0.25, -0.2) is 5.43 Å². The topological polar surface area (TPSA) is 123 Å². The van der Waals surface area contributed by atoms with Crippen molar-refractivity contribution in [1.29, 1.82) is 0 Å². The minimum Gasteiger partial charge on any atom is -0.507 e.